The van der Waals surface area contributed by atoms with E-state index in [1.165, 1.54) is 7.05 Å². The van der Waals surface area contributed by atoms with E-state index in [0.29, 0.717) is 15.7 Å². The minimum absolute atomic E-state index is 0.294. The molecule has 0 aliphatic carbocycles. The minimum atomic E-state index is -1.11. The van der Waals surface area contributed by atoms with E-state index in [-0.39, 0.29) is 0 Å². The molecule has 0 spiro atoms. The highest BCUT2D eigenvalue weighted by Gasteiger charge is 2.08. The molecule has 0 unspecified atom stereocenters. The van der Waals surface area contributed by atoms with Gasteiger partial charge in [-0.1, -0.05) is 29.3 Å². The van der Waals surface area contributed by atoms with Crippen molar-refractivity contribution in [1.29, 1.82) is 0 Å². The van der Waals surface area contributed by atoms with Crippen LogP contribution in [0, 0.1) is 0 Å². The normalized spacial score (nSPS) is 9.64. The fourth-order valence-corrected chi connectivity index (χ4v) is 1.16. The van der Waals surface area contributed by atoms with Crippen LogP contribution in [0.15, 0.2) is 18.2 Å². The number of halogens is 2. The van der Waals surface area contributed by atoms with E-state index in [1.807, 2.05) is 0 Å². The Balaban J connectivity index is 2.87. The maximum Gasteiger partial charge on any atom is 0.425 e. The summed E-state index contributed by atoms with van der Waals surface area (Å²) < 4.78 is 0. The Bertz CT molecular complexity index is 357. The number of benzene rings is 1. The number of nitrogens with one attached hydrogen (secondary N) is 1. The summed E-state index contributed by atoms with van der Waals surface area (Å²) in [7, 11) is 1.36. The summed E-state index contributed by atoms with van der Waals surface area (Å²) in [6.07, 6.45) is -1.11. The molecule has 0 heterocycles. The number of amides is 1. The lowest BCUT2D eigenvalue weighted by Crippen LogP contribution is -2.30. The van der Waals surface area contributed by atoms with E-state index >= 15 is 0 Å². The predicted octanol–water partition coefficient (Wildman–Crippen LogP) is 2.93. The van der Waals surface area contributed by atoms with Crippen LogP contribution in [-0.4, -0.2) is 23.3 Å². The first-order valence-corrected chi connectivity index (χ1v) is 4.45. The monoisotopic (exact) mass is 234 g/mol. The first-order valence-electron chi connectivity index (χ1n) is 3.69. The number of hydrogen-bond donors (Lipinski definition) is 2. The minimum Gasteiger partial charge on any atom is -0.464 e. The summed E-state index contributed by atoms with van der Waals surface area (Å²) in [5, 5.41) is 10.1. The Morgan fingerprint density at radius 3 is 2.71 bits per heavy atom. The molecule has 1 aromatic rings. The van der Waals surface area contributed by atoms with Crippen LogP contribution >= 0.6 is 23.2 Å². The number of hydrogen-bond acceptors (Lipinski definition) is 2. The molecule has 1 rings (SSSR count). The van der Waals surface area contributed by atoms with E-state index in [4.69, 9.17) is 28.3 Å². The summed E-state index contributed by atoms with van der Waals surface area (Å²) in [4.78, 5) is 10.5. The van der Waals surface area contributed by atoms with Crippen molar-refractivity contribution in [1.82, 2.24) is 5.01 Å². The number of hydrazine groups is 1. The molecule has 0 saturated heterocycles. The number of carbonyl (C=O) groups is 1. The van der Waals surface area contributed by atoms with Crippen LogP contribution in [0.1, 0.15) is 0 Å². The van der Waals surface area contributed by atoms with Gasteiger partial charge in [-0.05, 0) is 12.1 Å². The Hall–Kier alpha value is -1.13. The third-order valence-corrected chi connectivity index (χ3v) is 2.35. The molecule has 0 aliphatic rings. The smallest absolute Gasteiger partial charge is 0.425 e. The van der Waals surface area contributed by atoms with E-state index in [0.717, 1.165) is 5.01 Å². The molecule has 2 N–H and O–H groups in total. The van der Waals surface area contributed by atoms with Crippen LogP contribution in [0.25, 0.3) is 0 Å². The highest BCUT2D eigenvalue weighted by molar-refractivity contribution is 6.43. The number of carboxylic acid groups (broad SMARTS) is 1. The predicted molar refractivity (Wildman–Crippen MR) is 55.9 cm³/mol. The first kappa shape index (κ1) is 10.9. The van der Waals surface area contributed by atoms with E-state index in [1.54, 1.807) is 18.2 Å². The largest absolute Gasteiger partial charge is 0.464 e. The summed E-state index contributed by atoms with van der Waals surface area (Å²) in [5.74, 6) is 0. The van der Waals surface area contributed by atoms with Crippen molar-refractivity contribution in [2.45, 2.75) is 0 Å². The van der Waals surface area contributed by atoms with Gasteiger partial charge in [-0.25, -0.2) is 9.80 Å². The molecular weight excluding hydrogens is 227 g/mol. The van der Waals surface area contributed by atoms with Gasteiger partial charge in [-0.15, -0.1) is 0 Å². The standard InChI is InChI=1S/C8H8Cl2N2O2/c1-12(8(13)14)11-6-4-2-3-5(9)7(6)10/h2-4,11H,1H3,(H,13,14). The fourth-order valence-electron chi connectivity index (χ4n) is 0.819. The molecule has 0 radical (unpaired) electrons. The Morgan fingerprint density at radius 1 is 1.50 bits per heavy atom. The third-order valence-electron chi connectivity index (χ3n) is 1.53. The molecule has 6 heteroatoms. The summed E-state index contributed by atoms with van der Waals surface area (Å²) >= 11 is 11.6. The average Bonchev–Trinajstić information content (AvgIpc) is 2.12. The van der Waals surface area contributed by atoms with Crippen LogP contribution in [-0.2, 0) is 0 Å². The fraction of sp³-hybridized carbons (Fsp3) is 0.125. The van der Waals surface area contributed by atoms with Gasteiger partial charge in [0, 0.05) is 7.05 Å². The Morgan fingerprint density at radius 2 is 2.14 bits per heavy atom. The molecule has 1 amide bonds. The van der Waals surface area contributed by atoms with E-state index in [9.17, 15) is 4.79 Å². The molecule has 0 aliphatic heterocycles. The zero-order valence-electron chi connectivity index (χ0n) is 7.29. The van der Waals surface area contributed by atoms with Crippen molar-refractivity contribution in [3.05, 3.63) is 28.2 Å². The molecule has 0 atom stereocenters. The topological polar surface area (TPSA) is 52.6 Å². The number of nitrogens with zero attached hydrogens (tertiary/aromatic N) is 1. The molecule has 14 heavy (non-hydrogen) atoms. The van der Waals surface area contributed by atoms with Gasteiger partial charge in [-0.3, -0.25) is 5.43 Å². The van der Waals surface area contributed by atoms with Gasteiger partial charge in [-0.2, -0.15) is 0 Å². The van der Waals surface area contributed by atoms with Crippen molar-refractivity contribution in [3.8, 4) is 0 Å². The first-order chi connectivity index (χ1) is 6.52. The van der Waals surface area contributed by atoms with Crippen LogP contribution in [0.2, 0.25) is 10.0 Å². The van der Waals surface area contributed by atoms with Crippen molar-refractivity contribution in [2.75, 3.05) is 12.5 Å². The van der Waals surface area contributed by atoms with Gasteiger partial charge in [0.25, 0.3) is 0 Å². The van der Waals surface area contributed by atoms with Gasteiger partial charge in [0.2, 0.25) is 0 Å². The van der Waals surface area contributed by atoms with Gasteiger partial charge >= 0.3 is 6.09 Å². The molecule has 0 bridgehead atoms. The van der Waals surface area contributed by atoms with Gasteiger partial charge in [0.15, 0.2) is 0 Å². The van der Waals surface area contributed by atoms with Crippen LogP contribution < -0.4 is 5.43 Å². The van der Waals surface area contributed by atoms with Crippen molar-refractivity contribution < 1.29 is 9.90 Å². The molecule has 1 aromatic carbocycles. The summed E-state index contributed by atoms with van der Waals surface area (Å²) in [5.41, 5.74) is 3.02. The van der Waals surface area contributed by atoms with Crippen LogP contribution in [0.3, 0.4) is 0 Å². The van der Waals surface area contributed by atoms with E-state index in [2.05, 4.69) is 5.43 Å². The highest BCUT2D eigenvalue weighted by Crippen LogP contribution is 2.29. The number of anilines is 1. The maximum atomic E-state index is 10.5. The second-order valence-electron chi connectivity index (χ2n) is 2.55. The lowest BCUT2D eigenvalue weighted by atomic mass is 10.3. The average molecular weight is 235 g/mol. The van der Waals surface area contributed by atoms with Crippen LogP contribution in [0.4, 0.5) is 10.5 Å². The van der Waals surface area contributed by atoms with Crippen molar-refractivity contribution in [3.63, 3.8) is 0 Å². The van der Waals surface area contributed by atoms with E-state index < -0.39 is 6.09 Å². The Kier molecular flexibility index (Phi) is 3.43. The highest BCUT2D eigenvalue weighted by atomic mass is 35.5. The lowest BCUT2D eigenvalue weighted by Gasteiger charge is -2.16. The third kappa shape index (κ3) is 2.43. The number of rotatable bonds is 2. The molecule has 0 fully saturated rings. The second-order valence-corrected chi connectivity index (χ2v) is 3.34. The summed E-state index contributed by atoms with van der Waals surface area (Å²) in [6.45, 7) is 0. The maximum absolute atomic E-state index is 10.5. The molecule has 0 saturated carbocycles. The zero-order valence-corrected chi connectivity index (χ0v) is 8.80. The second kappa shape index (κ2) is 4.39. The lowest BCUT2D eigenvalue weighted by molar-refractivity contribution is 0.164. The zero-order chi connectivity index (χ0) is 10.7. The molecular formula is C8H8Cl2N2O2. The molecule has 0 aromatic heterocycles. The van der Waals surface area contributed by atoms with Gasteiger partial charge < -0.3 is 5.11 Å². The SMILES string of the molecule is CN(Nc1cccc(Cl)c1Cl)C(=O)O. The van der Waals surface area contributed by atoms with Gasteiger partial charge in [0.05, 0.1) is 15.7 Å². The summed E-state index contributed by atoms with van der Waals surface area (Å²) in [6, 6.07) is 4.93. The molecule has 4 nitrogen and oxygen atoms in total. The van der Waals surface area contributed by atoms with Crippen molar-refractivity contribution in [2.24, 2.45) is 0 Å². The van der Waals surface area contributed by atoms with Crippen LogP contribution in [0.5, 0.6) is 0 Å². The van der Waals surface area contributed by atoms with Gasteiger partial charge in [0.1, 0.15) is 0 Å². The molecule has 76 valence electrons. The Labute approximate surface area is 91.0 Å². The van der Waals surface area contributed by atoms with Crippen molar-refractivity contribution >= 4 is 35.0 Å². The quantitative estimate of drug-likeness (QED) is 0.775.